The van der Waals surface area contributed by atoms with Crippen molar-refractivity contribution in [3.63, 3.8) is 0 Å². The summed E-state index contributed by atoms with van der Waals surface area (Å²) in [5.41, 5.74) is 5.54. The summed E-state index contributed by atoms with van der Waals surface area (Å²) in [6, 6.07) is 0. The average Bonchev–Trinajstić information content (AvgIpc) is 2.75. The molecule has 0 aliphatic carbocycles. The maximum absolute atomic E-state index is 11.4. The van der Waals surface area contributed by atoms with Crippen LogP contribution in [0.4, 0.5) is 0 Å². The van der Waals surface area contributed by atoms with Gasteiger partial charge in [-0.1, -0.05) is 17.8 Å². The third-order valence-corrected chi connectivity index (χ3v) is 3.03. The van der Waals surface area contributed by atoms with Crippen LogP contribution in [0.1, 0.15) is 12.7 Å². The second-order valence-electron chi connectivity index (χ2n) is 3.23. The topological polar surface area (TPSA) is 85.8 Å². The van der Waals surface area contributed by atoms with Gasteiger partial charge in [-0.15, -0.1) is 16.8 Å². The van der Waals surface area contributed by atoms with Crippen molar-refractivity contribution in [1.29, 1.82) is 0 Å². The predicted octanol–water partition coefficient (Wildman–Crippen LogP) is 0.151. The van der Waals surface area contributed by atoms with Crippen molar-refractivity contribution in [1.82, 2.24) is 20.1 Å². The highest BCUT2D eigenvalue weighted by atomic mass is 32.2. The van der Waals surface area contributed by atoms with E-state index in [9.17, 15) is 4.79 Å². The Hall–Kier alpha value is -1.34. The highest BCUT2D eigenvalue weighted by molar-refractivity contribution is 7.99. The summed E-state index contributed by atoms with van der Waals surface area (Å²) in [5.74, 6) is 1.01. The van der Waals surface area contributed by atoms with Crippen LogP contribution in [0.25, 0.3) is 0 Å². The van der Waals surface area contributed by atoms with Gasteiger partial charge < -0.3 is 15.6 Å². The van der Waals surface area contributed by atoms with E-state index >= 15 is 0 Å². The molecule has 0 saturated carbocycles. The summed E-state index contributed by atoms with van der Waals surface area (Å²) in [6.45, 7) is 7.10. The molecule has 6 nitrogen and oxygen atoms in total. The molecule has 17 heavy (non-hydrogen) atoms. The van der Waals surface area contributed by atoms with Gasteiger partial charge in [0.2, 0.25) is 5.91 Å². The first kappa shape index (κ1) is 13.7. The predicted molar refractivity (Wildman–Crippen MR) is 67.5 cm³/mol. The number of hydrogen-bond acceptors (Lipinski definition) is 5. The standard InChI is InChI=1S/C10H17N5OS/c1-3-5-12-9(16)7-17-10-14-13-8(6-11)15(10)4-2/h3H,1,4-7,11H2,2H3,(H,12,16). The lowest BCUT2D eigenvalue weighted by Crippen LogP contribution is -2.25. The van der Waals surface area contributed by atoms with E-state index in [2.05, 4.69) is 22.1 Å². The molecular weight excluding hydrogens is 238 g/mol. The molecule has 0 fully saturated rings. The first-order chi connectivity index (χ1) is 8.22. The molecule has 1 amide bonds. The van der Waals surface area contributed by atoms with Crippen LogP contribution in [-0.4, -0.2) is 33.0 Å². The molecule has 7 heteroatoms. The molecule has 0 bridgehead atoms. The van der Waals surface area contributed by atoms with Crippen molar-refractivity contribution < 1.29 is 4.79 Å². The van der Waals surface area contributed by atoms with Gasteiger partial charge >= 0.3 is 0 Å². The molecule has 0 radical (unpaired) electrons. The molecule has 3 N–H and O–H groups in total. The minimum atomic E-state index is -0.0464. The van der Waals surface area contributed by atoms with E-state index in [1.807, 2.05) is 11.5 Å². The van der Waals surface area contributed by atoms with E-state index in [0.717, 1.165) is 17.5 Å². The second-order valence-corrected chi connectivity index (χ2v) is 4.17. The maximum Gasteiger partial charge on any atom is 0.230 e. The first-order valence-corrected chi connectivity index (χ1v) is 6.34. The molecular formula is C10H17N5OS. The van der Waals surface area contributed by atoms with Crippen molar-refractivity contribution in [2.45, 2.75) is 25.2 Å². The van der Waals surface area contributed by atoms with Crippen molar-refractivity contribution in [3.05, 3.63) is 18.5 Å². The fraction of sp³-hybridized carbons (Fsp3) is 0.500. The van der Waals surface area contributed by atoms with Gasteiger partial charge in [-0.25, -0.2) is 0 Å². The summed E-state index contributed by atoms with van der Waals surface area (Å²) in [4.78, 5) is 11.4. The number of aromatic nitrogens is 3. The molecule has 0 unspecified atom stereocenters. The molecule has 1 aromatic rings. The number of nitrogens with zero attached hydrogens (tertiary/aromatic N) is 3. The maximum atomic E-state index is 11.4. The zero-order valence-electron chi connectivity index (χ0n) is 9.85. The van der Waals surface area contributed by atoms with E-state index in [0.29, 0.717) is 18.8 Å². The lowest BCUT2D eigenvalue weighted by atomic mass is 10.6. The van der Waals surface area contributed by atoms with Gasteiger partial charge in [-0.3, -0.25) is 4.79 Å². The summed E-state index contributed by atoms with van der Waals surface area (Å²) in [5, 5.41) is 11.4. The van der Waals surface area contributed by atoms with Gasteiger partial charge in [-0.2, -0.15) is 0 Å². The average molecular weight is 255 g/mol. The normalized spacial score (nSPS) is 10.2. The zero-order valence-corrected chi connectivity index (χ0v) is 10.7. The van der Waals surface area contributed by atoms with E-state index in [-0.39, 0.29) is 5.91 Å². The van der Waals surface area contributed by atoms with E-state index in [4.69, 9.17) is 5.73 Å². The van der Waals surface area contributed by atoms with Crippen LogP contribution in [0.15, 0.2) is 17.8 Å². The molecule has 1 rings (SSSR count). The summed E-state index contributed by atoms with van der Waals surface area (Å²) in [7, 11) is 0. The van der Waals surface area contributed by atoms with E-state index in [1.54, 1.807) is 6.08 Å². The second kappa shape index (κ2) is 7.08. The van der Waals surface area contributed by atoms with Gasteiger partial charge in [0.05, 0.1) is 12.3 Å². The van der Waals surface area contributed by atoms with Gasteiger partial charge in [0.25, 0.3) is 0 Å². The SMILES string of the molecule is C=CCNC(=O)CSc1nnc(CN)n1CC. The van der Waals surface area contributed by atoms with E-state index < -0.39 is 0 Å². The van der Waals surface area contributed by atoms with E-state index in [1.165, 1.54) is 11.8 Å². The summed E-state index contributed by atoms with van der Waals surface area (Å²) in [6.07, 6.45) is 1.64. The Morgan fingerprint density at radius 3 is 3.00 bits per heavy atom. The fourth-order valence-electron chi connectivity index (χ4n) is 1.26. The number of nitrogens with one attached hydrogen (secondary N) is 1. The molecule has 1 aromatic heterocycles. The minimum Gasteiger partial charge on any atom is -0.352 e. The number of rotatable bonds is 7. The Morgan fingerprint density at radius 1 is 1.65 bits per heavy atom. The van der Waals surface area contributed by atoms with Gasteiger partial charge in [0.15, 0.2) is 5.16 Å². The lowest BCUT2D eigenvalue weighted by Gasteiger charge is -2.05. The van der Waals surface area contributed by atoms with Crippen LogP contribution in [-0.2, 0) is 17.9 Å². The van der Waals surface area contributed by atoms with Gasteiger partial charge in [0, 0.05) is 13.1 Å². The molecule has 0 saturated heterocycles. The zero-order chi connectivity index (χ0) is 12.7. The van der Waals surface area contributed by atoms with Crippen molar-refractivity contribution in [2.75, 3.05) is 12.3 Å². The summed E-state index contributed by atoms with van der Waals surface area (Å²) >= 11 is 1.35. The number of carbonyl (C=O) groups excluding carboxylic acids is 1. The smallest absolute Gasteiger partial charge is 0.230 e. The lowest BCUT2D eigenvalue weighted by molar-refractivity contribution is -0.118. The molecule has 0 aromatic carbocycles. The molecule has 1 heterocycles. The van der Waals surface area contributed by atoms with Crippen LogP contribution in [0, 0.1) is 0 Å². The monoisotopic (exact) mass is 255 g/mol. The number of carbonyl (C=O) groups is 1. The third kappa shape index (κ3) is 3.86. The van der Waals surface area contributed by atoms with Crippen molar-refractivity contribution >= 4 is 17.7 Å². The third-order valence-electron chi connectivity index (χ3n) is 2.07. The number of nitrogens with two attached hydrogens (primary N) is 1. The largest absolute Gasteiger partial charge is 0.352 e. The Bertz CT molecular complexity index is 390. The molecule has 94 valence electrons. The Labute approximate surface area is 105 Å². The van der Waals surface area contributed by atoms with Crippen LogP contribution < -0.4 is 11.1 Å². The molecule has 0 aliphatic rings. The van der Waals surface area contributed by atoms with Crippen LogP contribution in [0.3, 0.4) is 0 Å². The quantitative estimate of drug-likeness (QED) is 0.535. The Morgan fingerprint density at radius 2 is 2.41 bits per heavy atom. The van der Waals surface area contributed by atoms with Crippen LogP contribution >= 0.6 is 11.8 Å². The molecule has 0 spiro atoms. The fourth-order valence-corrected chi connectivity index (χ4v) is 2.11. The number of hydrogen-bond donors (Lipinski definition) is 2. The highest BCUT2D eigenvalue weighted by Gasteiger charge is 2.11. The highest BCUT2D eigenvalue weighted by Crippen LogP contribution is 2.16. The summed E-state index contributed by atoms with van der Waals surface area (Å²) < 4.78 is 1.91. The van der Waals surface area contributed by atoms with Crippen molar-refractivity contribution in [3.8, 4) is 0 Å². The number of thioether (sulfide) groups is 1. The Kier molecular flexibility index (Phi) is 5.71. The molecule has 0 aliphatic heterocycles. The van der Waals surface area contributed by atoms with Crippen molar-refractivity contribution in [2.24, 2.45) is 5.73 Å². The van der Waals surface area contributed by atoms with Crippen LogP contribution in [0.5, 0.6) is 0 Å². The van der Waals surface area contributed by atoms with Gasteiger partial charge in [0.1, 0.15) is 5.82 Å². The molecule has 0 atom stereocenters. The minimum absolute atomic E-state index is 0.0464. The number of amides is 1. The van der Waals surface area contributed by atoms with Gasteiger partial charge in [-0.05, 0) is 6.92 Å². The van der Waals surface area contributed by atoms with Crippen LogP contribution in [0.2, 0.25) is 0 Å². The Balaban J connectivity index is 2.54. The first-order valence-electron chi connectivity index (χ1n) is 5.35.